The van der Waals surface area contributed by atoms with Crippen molar-refractivity contribution in [2.24, 2.45) is 11.3 Å². The van der Waals surface area contributed by atoms with Gasteiger partial charge in [0.25, 0.3) is 0 Å². The molecule has 1 aliphatic carbocycles. The van der Waals surface area contributed by atoms with Gasteiger partial charge in [-0.15, -0.1) is 0 Å². The van der Waals surface area contributed by atoms with Crippen molar-refractivity contribution >= 4 is 11.7 Å². The standard InChI is InChI=1S/C18H28N4O2/c1-6-14(23)21-15-12-8-7-9-22(16(12)18(15,3)4)13-10-11(2)19-17(20-13)24-5/h10,12,15-16H,6-9H2,1-5H3,(H,21,23). The number of rotatable bonds is 4. The fourth-order valence-electron chi connectivity index (χ4n) is 4.53. The molecule has 1 amide bonds. The van der Waals surface area contributed by atoms with Gasteiger partial charge in [0.15, 0.2) is 0 Å². The first-order valence-corrected chi connectivity index (χ1v) is 8.84. The van der Waals surface area contributed by atoms with Crippen LogP contribution in [-0.2, 0) is 4.79 Å². The van der Waals surface area contributed by atoms with Crippen molar-refractivity contribution < 1.29 is 9.53 Å². The summed E-state index contributed by atoms with van der Waals surface area (Å²) >= 11 is 0. The van der Waals surface area contributed by atoms with E-state index < -0.39 is 0 Å². The molecule has 1 N–H and O–H groups in total. The number of aromatic nitrogens is 2. The maximum atomic E-state index is 11.9. The monoisotopic (exact) mass is 332 g/mol. The van der Waals surface area contributed by atoms with Crippen molar-refractivity contribution in [3.8, 4) is 6.01 Å². The summed E-state index contributed by atoms with van der Waals surface area (Å²) in [6.45, 7) is 9.35. The largest absolute Gasteiger partial charge is 0.467 e. The lowest BCUT2D eigenvalue weighted by Gasteiger charge is -2.64. The molecule has 3 unspecified atom stereocenters. The molecule has 132 valence electrons. The molecule has 6 nitrogen and oxygen atoms in total. The molecule has 24 heavy (non-hydrogen) atoms. The summed E-state index contributed by atoms with van der Waals surface area (Å²) in [5, 5.41) is 3.24. The molecule has 0 aromatic carbocycles. The predicted molar refractivity (Wildman–Crippen MR) is 93.2 cm³/mol. The number of hydrogen-bond donors (Lipinski definition) is 1. The number of anilines is 1. The molecule has 0 bridgehead atoms. The van der Waals surface area contributed by atoms with Crippen LogP contribution in [0.25, 0.3) is 0 Å². The quantitative estimate of drug-likeness (QED) is 0.916. The SMILES string of the molecule is CCC(=O)NC1C2CCCN(c3cc(C)nc(OC)n3)C2C1(C)C. The van der Waals surface area contributed by atoms with Crippen molar-refractivity contribution in [2.45, 2.75) is 59.0 Å². The zero-order valence-electron chi connectivity index (χ0n) is 15.3. The normalized spacial score (nSPS) is 27.9. The van der Waals surface area contributed by atoms with Crippen LogP contribution in [0.5, 0.6) is 6.01 Å². The molecule has 1 aliphatic heterocycles. The number of nitrogens with one attached hydrogen (secondary N) is 1. The zero-order chi connectivity index (χ0) is 17.5. The van der Waals surface area contributed by atoms with Crippen LogP contribution in [0.2, 0.25) is 0 Å². The van der Waals surface area contributed by atoms with E-state index in [9.17, 15) is 4.79 Å². The Morgan fingerprint density at radius 1 is 1.46 bits per heavy atom. The van der Waals surface area contributed by atoms with Crippen molar-refractivity contribution in [1.29, 1.82) is 0 Å². The van der Waals surface area contributed by atoms with Gasteiger partial charge in [-0.05, 0) is 19.8 Å². The van der Waals surface area contributed by atoms with Gasteiger partial charge >= 0.3 is 6.01 Å². The first-order chi connectivity index (χ1) is 11.4. The van der Waals surface area contributed by atoms with E-state index in [1.807, 2.05) is 19.9 Å². The van der Waals surface area contributed by atoms with Crippen molar-refractivity contribution in [3.05, 3.63) is 11.8 Å². The average molecular weight is 332 g/mol. The number of ether oxygens (including phenoxy) is 1. The third-order valence-corrected chi connectivity index (χ3v) is 5.60. The third-order valence-electron chi connectivity index (χ3n) is 5.60. The Labute approximate surface area is 144 Å². The second-order valence-electron chi connectivity index (χ2n) is 7.52. The van der Waals surface area contributed by atoms with E-state index in [4.69, 9.17) is 4.74 Å². The van der Waals surface area contributed by atoms with Gasteiger partial charge in [-0.3, -0.25) is 4.79 Å². The lowest BCUT2D eigenvalue weighted by molar-refractivity contribution is -0.127. The summed E-state index contributed by atoms with van der Waals surface area (Å²) in [5.41, 5.74) is 0.925. The number of methoxy groups -OCH3 is 1. The first kappa shape index (κ1) is 17.0. The van der Waals surface area contributed by atoms with Crippen LogP contribution < -0.4 is 15.0 Å². The molecule has 1 saturated heterocycles. The number of carbonyl (C=O) groups is 1. The Kier molecular flexibility index (Phi) is 4.40. The third kappa shape index (κ3) is 2.72. The molecular formula is C18H28N4O2. The summed E-state index contributed by atoms with van der Waals surface area (Å²) in [6, 6.07) is 3.06. The Bertz CT molecular complexity index is 631. The van der Waals surface area contributed by atoms with E-state index in [2.05, 4.69) is 34.0 Å². The van der Waals surface area contributed by atoms with Crippen molar-refractivity contribution in [2.75, 3.05) is 18.6 Å². The molecule has 0 spiro atoms. The van der Waals surface area contributed by atoms with E-state index in [-0.39, 0.29) is 17.4 Å². The molecule has 1 aromatic heterocycles. The smallest absolute Gasteiger partial charge is 0.318 e. The number of nitrogens with zero attached hydrogens (tertiary/aromatic N) is 3. The van der Waals surface area contributed by atoms with E-state index >= 15 is 0 Å². The van der Waals surface area contributed by atoms with E-state index in [1.165, 1.54) is 0 Å². The lowest BCUT2D eigenvalue weighted by Crippen LogP contribution is -2.74. The molecule has 2 heterocycles. The lowest BCUT2D eigenvalue weighted by atomic mass is 9.52. The van der Waals surface area contributed by atoms with Gasteiger partial charge in [0.05, 0.1) is 7.11 Å². The number of amides is 1. The second kappa shape index (κ2) is 6.22. The molecule has 2 fully saturated rings. The van der Waals surface area contributed by atoms with Crippen LogP contribution in [0, 0.1) is 18.3 Å². The number of hydrogen-bond acceptors (Lipinski definition) is 5. The topological polar surface area (TPSA) is 67.4 Å². The van der Waals surface area contributed by atoms with Gasteiger partial charge in [0, 0.05) is 48.1 Å². The summed E-state index contributed by atoms with van der Waals surface area (Å²) in [7, 11) is 1.60. The summed E-state index contributed by atoms with van der Waals surface area (Å²) in [6.07, 6.45) is 2.80. The highest BCUT2D eigenvalue weighted by Crippen LogP contribution is 2.53. The summed E-state index contributed by atoms with van der Waals surface area (Å²) in [4.78, 5) is 23.1. The highest BCUT2D eigenvalue weighted by Gasteiger charge is 2.60. The molecular weight excluding hydrogens is 304 g/mol. The van der Waals surface area contributed by atoms with Crippen LogP contribution in [-0.4, -0.2) is 41.6 Å². The van der Waals surface area contributed by atoms with E-state index in [0.29, 0.717) is 24.4 Å². The van der Waals surface area contributed by atoms with Crippen LogP contribution in [0.15, 0.2) is 6.07 Å². The minimum Gasteiger partial charge on any atom is -0.467 e. The fourth-order valence-corrected chi connectivity index (χ4v) is 4.53. The van der Waals surface area contributed by atoms with E-state index in [0.717, 1.165) is 30.9 Å². The van der Waals surface area contributed by atoms with Gasteiger partial charge in [-0.1, -0.05) is 20.8 Å². The number of aryl methyl sites for hydroxylation is 1. The molecule has 2 aliphatic rings. The summed E-state index contributed by atoms with van der Waals surface area (Å²) in [5.74, 6) is 1.55. The number of fused-ring (bicyclic) bond motifs is 1. The highest BCUT2D eigenvalue weighted by atomic mass is 16.5. The fraction of sp³-hybridized carbons (Fsp3) is 0.722. The van der Waals surface area contributed by atoms with E-state index in [1.54, 1.807) is 7.11 Å². The Morgan fingerprint density at radius 2 is 2.21 bits per heavy atom. The van der Waals surface area contributed by atoms with Crippen LogP contribution in [0.3, 0.4) is 0 Å². The second-order valence-corrected chi connectivity index (χ2v) is 7.52. The minimum absolute atomic E-state index is 0.0159. The Hall–Kier alpha value is -1.85. The Balaban J connectivity index is 1.87. The zero-order valence-corrected chi connectivity index (χ0v) is 15.3. The van der Waals surface area contributed by atoms with Crippen LogP contribution in [0.4, 0.5) is 5.82 Å². The molecule has 1 aromatic rings. The predicted octanol–water partition coefficient (Wildman–Crippen LogP) is 2.31. The molecule has 6 heteroatoms. The van der Waals surface area contributed by atoms with Crippen LogP contribution in [0.1, 0.15) is 45.7 Å². The van der Waals surface area contributed by atoms with Gasteiger partial charge in [0.2, 0.25) is 5.91 Å². The summed E-state index contributed by atoms with van der Waals surface area (Å²) < 4.78 is 5.24. The van der Waals surface area contributed by atoms with Crippen molar-refractivity contribution in [3.63, 3.8) is 0 Å². The minimum atomic E-state index is 0.0159. The van der Waals surface area contributed by atoms with Gasteiger partial charge < -0.3 is 15.0 Å². The number of carbonyl (C=O) groups excluding carboxylic acids is 1. The molecule has 0 radical (unpaired) electrons. The van der Waals surface area contributed by atoms with Gasteiger partial charge in [-0.2, -0.15) is 4.98 Å². The number of piperidine rings is 1. The van der Waals surface area contributed by atoms with Crippen molar-refractivity contribution in [1.82, 2.24) is 15.3 Å². The first-order valence-electron chi connectivity index (χ1n) is 8.84. The highest BCUT2D eigenvalue weighted by molar-refractivity contribution is 5.76. The Morgan fingerprint density at radius 3 is 2.88 bits per heavy atom. The van der Waals surface area contributed by atoms with Gasteiger partial charge in [0.1, 0.15) is 5.82 Å². The maximum Gasteiger partial charge on any atom is 0.318 e. The average Bonchev–Trinajstić information content (AvgIpc) is 2.58. The molecule has 3 atom stereocenters. The molecule has 3 rings (SSSR count). The van der Waals surface area contributed by atoms with Crippen LogP contribution >= 0.6 is 0 Å². The maximum absolute atomic E-state index is 11.9. The molecule has 1 saturated carbocycles. The van der Waals surface area contributed by atoms with Gasteiger partial charge in [-0.25, -0.2) is 4.98 Å².